The fourth-order valence-corrected chi connectivity index (χ4v) is 4.59. The van der Waals surface area contributed by atoms with E-state index in [0.29, 0.717) is 24.7 Å². The highest BCUT2D eigenvalue weighted by Crippen LogP contribution is 2.29. The van der Waals surface area contributed by atoms with Crippen molar-refractivity contribution in [1.29, 1.82) is 0 Å². The number of benzene rings is 1. The highest BCUT2D eigenvalue weighted by molar-refractivity contribution is 7.89. The van der Waals surface area contributed by atoms with Crippen molar-refractivity contribution in [1.82, 2.24) is 14.5 Å². The molecule has 0 amide bonds. The Morgan fingerprint density at radius 3 is 2.58 bits per heavy atom. The van der Waals surface area contributed by atoms with Crippen LogP contribution in [0.25, 0.3) is 10.6 Å². The minimum Gasteiger partial charge on any atom is -0.266 e. The Labute approximate surface area is 158 Å². The van der Waals surface area contributed by atoms with E-state index in [2.05, 4.69) is 23.7 Å². The van der Waals surface area contributed by atoms with Crippen molar-refractivity contribution >= 4 is 21.4 Å². The van der Waals surface area contributed by atoms with E-state index < -0.39 is 10.0 Å². The van der Waals surface area contributed by atoms with Crippen LogP contribution in [0.5, 0.6) is 0 Å². The largest absolute Gasteiger partial charge is 0.266 e. The van der Waals surface area contributed by atoms with Crippen molar-refractivity contribution in [3.8, 4) is 10.6 Å². The highest BCUT2D eigenvalue weighted by Gasteiger charge is 2.24. The molecular weight excluding hydrogens is 366 g/mol. The molecule has 0 aliphatic carbocycles. The molecule has 0 bridgehead atoms. The van der Waals surface area contributed by atoms with Gasteiger partial charge in [0.2, 0.25) is 10.0 Å². The summed E-state index contributed by atoms with van der Waals surface area (Å²) in [4.78, 5) is 1.08. The molecule has 1 aromatic carbocycles. The van der Waals surface area contributed by atoms with Gasteiger partial charge >= 0.3 is 0 Å². The molecule has 0 saturated carbocycles. The maximum atomic E-state index is 12.8. The topological polar surface area (TPSA) is 64.0 Å². The zero-order valence-electron chi connectivity index (χ0n) is 14.9. The highest BCUT2D eigenvalue weighted by atomic mass is 32.2. The number of nitrogens with one attached hydrogen (secondary N) is 1. The molecule has 7 heteroatoms. The molecule has 1 N–H and O–H groups in total. The zero-order chi connectivity index (χ0) is 18.6. The smallest absolute Gasteiger partial charge is 0.244 e. The van der Waals surface area contributed by atoms with Gasteiger partial charge in [0.15, 0.2) is 0 Å². The Hall–Kier alpha value is -1.96. The van der Waals surface area contributed by atoms with E-state index in [-0.39, 0.29) is 4.90 Å². The first-order valence-electron chi connectivity index (χ1n) is 8.60. The quantitative estimate of drug-likeness (QED) is 0.634. The van der Waals surface area contributed by atoms with Crippen LogP contribution >= 0.6 is 11.3 Å². The molecule has 3 aromatic rings. The molecule has 0 unspecified atom stereocenters. The van der Waals surface area contributed by atoms with E-state index in [1.165, 1.54) is 11.3 Å². The van der Waals surface area contributed by atoms with E-state index in [9.17, 15) is 8.42 Å². The maximum absolute atomic E-state index is 12.8. The summed E-state index contributed by atoms with van der Waals surface area (Å²) in [5.74, 6) is 0.440. The zero-order valence-corrected chi connectivity index (χ0v) is 16.6. The van der Waals surface area contributed by atoms with Gasteiger partial charge in [-0.1, -0.05) is 50.2 Å². The molecule has 0 fully saturated rings. The molecule has 0 aliphatic heterocycles. The summed E-state index contributed by atoms with van der Waals surface area (Å²) in [6.07, 6.45) is 2.42. The van der Waals surface area contributed by atoms with Crippen molar-refractivity contribution in [2.75, 3.05) is 6.54 Å². The number of hydrogen-bond donors (Lipinski definition) is 1. The molecule has 0 aliphatic rings. The Bertz CT molecular complexity index is 931. The average Bonchev–Trinajstić information content (AvgIpc) is 3.24. The summed E-state index contributed by atoms with van der Waals surface area (Å²) in [7, 11) is -3.61. The third-order valence-corrected chi connectivity index (χ3v) is 6.31. The van der Waals surface area contributed by atoms with E-state index in [1.807, 2.05) is 47.8 Å². The third kappa shape index (κ3) is 4.60. The number of sulfonamides is 1. The van der Waals surface area contributed by atoms with Crippen LogP contribution in [0.1, 0.15) is 25.8 Å². The van der Waals surface area contributed by atoms with Gasteiger partial charge in [-0.2, -0.15) is 5.10 Å². The van der Waals surface area contributed by atoms with Crippen LogP contribution in [-0.2, 0) is 16.6 Å². The summed E-state index contributed by atoms with van der Waals surface area (Å²) >= 11 is 1.49. The number of nitrogens with zero attached hydrogens (tertiary/aromatic N) is 2. The molecule has 0 saturated heterocycles. The van der Waals surface area contributed by atoms with Gasteiger partial charge in [0.1, 0.15) is 10.6 Å². The van der Waals surface area contributed by atoms with Crippen LogP contribution in [0.2, 0.25) is 0 Å². The van der Waals surface area contributed by atoms with Crippen LogP contribution in [0.3, 0.4) is 0 Å². The summed E-state index contributed by atoms with van der Waals surface area (Å²) in [5, 5.41) is 6.49. The second kappa shape index (κ2) is 8.16. The van der Waals surface area contributed by atoms with Crippen molar-refractivity contribution in [2.24, 2.45) is 5.92 Å². The molecule has 2 aromatic heterocycles. The maximum Gasteiger partial charge on any atom is 0.244 e. The minimum absolute atomic E-state index is 0.236. The predicted molar refractivity (Wildman–Crippen MR) is 106 cm³/mol. The van der Waals surface area contributed by atoms with Gasteiger partial charge in [-0.05, 0) is 29.3 Å². The standard InChI is InChI=1S/C19H23N3O2S2/c1-15(2)10-11-20-26(23,24)18-14-22(13-16-7-4-3-5-8-16)21-19(18)17-9-6-12-25-17/h3-9,12,14-15,20H,10-11,13H2,1-2H3. The summed E-state index contributed by atoms with van der Waals surface area (Å²) < 4.78 is 30.1. The Morgan fingerprint density at radius 2 is 1.92 bits per heavy atom. The van der Waals surface area contributed by atoms with Crippen LogP contribution in [0.15, 0.2) is 58.9 Å². The second-order valence-electron chi connectivity index (χ2n) is 6.58. The van der Waals surface area contributed by atoms with Gasteiger partial charge in [0.25, 0.3) is 0 Å². The summed E-state index contributed by atoms with van der Waals surface area (Å²) in [6.45, 7) is 5.10. The number of rotatable bonds is 8. The Morgan fingerprint density at radius 1 is 1.15 bits per heavy atom. The van der Waals surface area contributed by atoms with E-state index in [4.69, 9.17) is 0 Å². The summed E-state index contributed by atoms with van der Waals surface area (Å²) in [5.41, 5.74) is 1.58. The van der Waals surface area contributed by atoms with Crippen molar-refractivity contribution < 1.29 is 8.42 Å². The van der Waals surface area contributed by atoms with Crippen LogP contribution in [-0.4, -0.2) is 24.7 Å². The second-order valence-corrected chi connectivity index (χ2v) is 9.27. The van der Waals surface area contributed by atoms with Crippen LogP contribution in [0.4, 0.5) is 0 Å². The summed E-state index contributed by atoms with van der Waals surface area (Å²) in [6, 6.07) is 13.7. The van der Waals surface area contributed by atoms with E-state index in [1.54, 1.807) is 10.9 Å². The third-order valence-electron chi connectivity index (χ3n) is 3.97. The number of aromatic nitrogens is 2. The molecule has 0 atom stereocenters. The SMILES string of the molecule is CC(C)CCNS(=O)(=O)c1cn(Cc2ccccc2)nc1-c1cccs1. The first kappa shape index (κ1) is 18.8. The first-order valence-corrected chi connectivity index (χ1v) is 11.0. The lowest BCUT2D eigenvalue weighted by Gasteiger charge is -2.07. The lowest BCUT2D eigenvalue weighted by molar-refractivity contribution is 0.551. The Balaban J connectivity index is 1.92. The Kier molecular flexibility index (Phi) is 5.90. The fraction of sp³-hybridized carbons (Fsp3) is 0.316. The lowest BCUT2D eigenvalue weighted by atomic mass is 10.1. The number of hydrogen-bond acceptors (Lipinski definition) is 4. The van der Waals surface area contributed by atoms with Crippen molar-refractivity contribution in [3.63, 3.8) is 0 Å². The molecule has 2 heterocycles. The van der Waals surface area contributed by atoms with Gasteiger partial charge in [-0.3, -0.25) is 4.68 Å². The van der Waals surface area contributed by atoms with Gasteiger partial charge in [-0.25, -0.2) is 13.1 Å². The predicted octanol–water partition coefficient (Wildman–Crippen LogP) is 3.98. The molecule has 26 heavy (non-hydrogen) atoms. The molecule has 3 rings (SSSR count). The number of thiophene rings is 1. The minimum atomic E-state index is -3.61. The first-order chi connectivity index (χ1) is 12.5. The lowest BCUT2D eigenvalue weighted by Crippen LogP contribution is -2.25. The molecule has 138 valence electrons. The normalized spacial score (nSPS) is 12.0. The van der Waals surface area contributed by atoms with Crippen molar-refractivity contribution in [3.05, 3.63) is 59.6 Å². The van der Waals surface area contributed by atoms with Gasteiger partial charge in [0.05, 0.1) is 11.4 Å². The van der Waals surface area contributed by atoms with Crippen molar-refractivity contribution in [2.45, 2.75) is 31.7 Å². The fourth-order valence-electron chi connectivity index (χ4n) is 2.59. The molecular formula is C19H23N3O2S2. The van der Waals surface area contributed by atoms with Gasteiger partial charge in [0, 0.05) is 12.7 Å². The van der Waals surface area contributed by atoms with Gasteiger partial charge in [-0.15, -0.1) is 11.3 Å². The average molecular weight is 390 g/mol. The van der Waals surface area contributed by atoms with Crippen LogP contribution in [0, 0.1) is 5.92 Å². The van der Waals surface area contributed by atoms with E-state index >= 15 is 0 Å². The monoisotopic (exact) mass is 389 g/mol. The molecule has 0 spiro atoms. The van der Waals surface area contributed by atoms with E-state index in [0.717, 1.165) is 16.9 Å². The molecule has 5 nitrogen and oxygen atoms in total. The molecule has 0 radical (unpaired) electrons. The van der Waals surface area contributed by atoms with Crippen LogP contribution < -0.4 is 4.72 Å². The van der Waals surface area contributed by atoms with Gasteiger partial charge < -0.3 is 0 Å².